The van der Waals surface area contributed by atoms with Crippen molar-refractivity contribution in [3.8, 4) is 5.75 Å². The highest BCUT2D eigenvalue weighted by Crippen LogP contribution is 2.29. The van der Waals surface area contributed by atoms with Crippen molar-refractivity contribution in [3.63, 3.8) is 0 Å². The summed E-state index contributed by atoms with van der Waals surface area (Å²) in [6, 6.07) is 3.43. The maximum Gasteiger partial charge on any atom is 0.314 e. The molecule has 1 aromatic rings. The van der Waals surface area contributed by atoms with Gasteiger partial charge in [-0.3, -0.25) is 10.1 Å². The Morgan fingerprint density at radius 1 is 1.55 bits per heavy atom. The van der Waals surface area contributed by atoms with Crippen LogP contribution >= 0.6 is 0 Å². The molecule has 0 aliphatic rings. The molecule has 112 valence electrons. The number of nitrogens with one attached hydrogen (secondary N) is 1. The van der Waals surface area contributed by atoms with E-state index >= 15 is 0 Å². The van der Waals surface area contributed by atoms with E-state index in [9.17, 15) is 19.6 Å². The predicted octanol–water partition coefficient (Wildman–Crippen LogP) is 0.710. The third-order valence-corrected chi connectivity index (χ3v) is 2.43. The third kappa shape index (κ3) is 5.08. The zero-order chi connectivity index (χ0) is 15.0. The number of ether oxygens (including phenoxy) is 2. The van der Waals surface area contributed by atoms with Crippen LogP contribution in [0.15, 0.2) is 18.2 Å². The Morgan fingerprint density at radius 2 is 2.30 bits per heavy atom. The van der Waals surface area contributed by atoms with E-state index in [1.54, 1.807) is 7.11 Å². The number of nitro groups is 1. The average molecular weight is 288 g/mol. The minimum absolute atomic E-state index is 0.214. The van der Waals surface area contributed by atoms with E-state index in [0.717, 1.165) is 12.1 Å². The molecule has 2 N–H and O–H groups in total. The van der Waals surface area contributed by atoms with E-state index in [2.05, 4.69) is 5.32 Å². The molecule has 1 unspecified atom stereocenters. The summed E-state index contributed by atoms with van der Waals surface area (Å²) < 4.78 is 23.3. The Labute approximate surface area is 115 Å². The molecule has 8 heteroatoms. The number of aliphatic hydroxyl groups excluding tert-OH is 1. The Bertz CT molecular complexity index is 444. The topological polar surface area (TPSA) is 93.9 Å². The number of para-hydroxylation sites is 1. The van der Waals surface area contributed by atoms with Gasteiger partial charge in [-0.05, 0) is 6.07 Å². The summed E-state index contributed by atoms with van der Waals surface area (Å²) in [6.45, 7) is 1.01. The van der Waals surface area contributed by atoms with Gasteiger partial charge < -0.3 is 19.9 Å². The normalized spacial score (nSPS) is 12.2. The smallest absolute Gasteiger partial charge is 0.314 e. The minimum atomic E-state index is -0.911. The lowest BCUT2D eigenvalue weighted by Crippen LogP contribution is -2.33. The molecule has 0 aliphatic carbocycles. The first kappa shape index (κ1) is 16.3. The first-order valence-corrected chi connectivity index (χ1v) is 5.99. The number of hydrogen-bond acceptors (Lipinski definition) is 6. The SMILES string of the molecule is COCCNCC(O)COc1c(F)cccc1[N+](=O)[O-]. The number of rotatable bonds is 9. The van der Waals surface area contributed by atoms with Gasteiger partial charge in [0.1, 0.15) is 12.7 Å². The van der Waals surface area contributed by atoms with E-state index in [-0.39, 0.29) is 13.2 Å². The van der Waals surface area contributed by atoms with Crippen molar-refractivity contribution in [1.29, 1.82) is 0 Å². The van der Waals surface area contributed by atoms with Crippen LogP contribution in [-0.4, -0.2) is 49.5 Å². The van der Waals surface area contributed by atoms with Gasteiger partial charge in [-0.15, -0.1) is 0 Å². The van der Waals surface area contributed by atoms with Gasteiger partial charge in [-0.1, -0.05) is 6.07 Å². The summed E-state index contributed by atoms with van der Waals surface area (Å²) in [4.78, 5) is 10.00. The molecule has 7 nitrogen and oxygen atoms in total. The van der Waals surface area contributed by atoms with Crippen LogP contribution in [0.25, 0.3) is 0 Å². The molecule has 20 heavy (non-hydrogen) atoms. The lowest BCUT2D eigenvalue weighted by Gasteiger charge is -2.13. The van der Waals surface area contributed by atoms with Crippen LogP contribution in [0.1, 0.15) is 0 Å². The molecule has 0 aliphatic heterocycles. The van der Waals surface area contributed by atoms with E-state index in [1.165, 1.54) is 6.07 Å². The number of nitro benzene ring substituents is 1. The number of hydrogen-bond donors (Lipinski definition) is 2. The molecular formula is C12H17FN2O5. The van der Waals surface area contributed by atoms with Gasteiger partial charge in [0.2, 0.25) is 5.75 Å². The van der Waals surface area contributed by atoms with Gasteiger partial charge >= 0.3 is 5.69 Å². The van der Waals surface area contributed by atoms with Crippen LogP contribution < -0.4 is 10.1 Å². The zero-order valence-electron chi connectivity index (χ0n) is 11.0. The van der Waals surface area contributed by atoms with Gasteiger partial charge in [0.15, 0.2) is 5.82 Å². The molecule has 0 fully saturated rings. The van der Waals surface area contributed by atoms with Gasteiger partial charge in [-0.25, -0.2) is 4.39 Å². The second-order valence-corrected chi connectivity index (χ2v) is 4.01. The van der Waals surface area contributed by atoms with E-state index in [1.807, 2.05) is 0 Å². The maximum absolute atomic E-state index is 13.5. The van der Waals surface area contributed by atoms with E-state index in [4.69, 9.17) is 9.47 Å². The number of benzene rings is 1. The zero-order valence-corrected chi connectivity index (χ0v) is 11.0. The van der Waals surface area contributed by atoms with Crippen molar-refractivity contribution in [1.82, 2.24) is 5.32 Å². The van der Waals surface area contributed by atoms with Crippen LogP contribution in [0.4, 0.5) is 10.1 Å². The van der Waals surface area contributed by atoms with Crippen LogP contribution in [0.2, 0.25) is 0 Å². The Morgan fingerprint density at radius 3 is 2.95 bits per heavy atom. The first-order valence-electron chi connectivity index (χ1n) is 5.99. The minimum Gasteiger partial charge on any atom is -0.482 e. The molecule has 0 radical (unpaired) electrons. The molecule has 0 saturated carbocycles. The van der Waals surface area contributed by atoms with Gasteiger partial charge in [0.05, 0.1) is 11.5 Å². The summed E-state index contributed by atoms with van der Waals surface area (Å²) in [6.07, 6.45) is -0.911. The third-order valence-electron chi connectivity index (χ3n) is 2.43. The van der Waals surface area contributed by atoms with Crippen LogP contribution in [0.3, 0.4) is 0 Å². The van der Waals surface area contributed by atoms with Crippen molar-refractivity contribution in [2.24, 2.45) is 0 Å². The molecule has 1 atom stereocenters. The summed E-state index contributed by atoms with van der Waals surface area (Å²) in [5.74, 6) is -1.30. The largest absolute Gasteiger partial charge is 0.482 e. The number of halogens is 1. The van der Waals surface area contributed by atoms with Crippen LogP contribution in [0.5, 0.6) is 5.75 Å². The highest BCUT2D eigenvalue weighted by atomic mass is 19.1. The Kier molecular flexibility index (Phi) is 6.85. The maximum atomic E-state index is 13.5. The summed E-state index contributed by atoms with van der Waals surface area (Å²) in [5.41, 5.74) is -0.468. The molecule has 1 rings (SSSR count). The lowest BCUT2D eigenvalue weighted by molar-refractivity contribution is -0.386. The summed E-state index contributed by atoms with van der Waals surface area (Å²) >= 11 is 0. The summed E-state index contributed by atoms with van der Waals surface area (Å²) in [7, 11) is 1.55. The van der Waals surface area contributed by atoms with Gasteiger partial charge in [0, 0.05) is 26.3 Å². The molecule has 0 spiro atoms. The van der Waals surface area contributed by atoms with Crippen molar-refractivity contribution in [2.75, 3.05) is 33.4 Å². The standard InChI is InChI=1S/C12H17FN2O5/c1-19-6-5-14-7-9(16)8-20-12-10(13)3-2-4-11(12)15(17)18/h2-4,9,14,16H,5-8H2,1H3. The fourth-order valence-electron chi connectivity index (χ4n) is 1.47. The average Bonchev–Trinajstić information content (AvgIpc) is 2.42. The number of methoxy groups -OCH3 is 1. The van der Waals surface area contributed by atoms with Crippen molar-refractivity contribution >= 4 is 5.69 Å². The summed E-state index contributed by atoms with van der Waals surface area (Å²) in [5, 5.41) is 23.2. The second kappa shape index (κ2) is 8.41. The Hall–Kier alpha value is -1.77. The monoisotopic (exact) mass is 288 g/mol. The lowest BCUT2D eigenvalue weighted by atomic mass is 10.3. The quantitative estimate of drug-likeness (QED) is 0.395. The van der Waals surface area contributed by atoms with E-state index < -0.39 is 28.3 Å². The fourth-order valence-corrected chi connectivity index (χ4v) is 1.47. The van der Waals surface area contributed by atoms with Crippen LogP contribution in [-0.2, 0) is 4.74 Å². The molecule has 0 heterocycles. The van der Waals surface area contributed by atoms with Gasteiger partial charge in [-0.2, -0.15) is 0 Å². The van der Waals surface area contributed by atoms with Crippen molar-refractivity contribution in [2.45, 2.75) is 6.10 Å². The highest BCUT2D eigenvalue weighted by Gasteiger charge is 2.20. The fraction of sp³-hybridized carbons (Fsp3) is 0.500. The van der Waals surface area contributed by atoms with E-state index in [0.29, 0.717) is 13.2 Å². The number of nitrogens with zero attached hydrogens (tertiary/aromatic N) is 1. The van der Waals surface area contributed by atoms with Gasteiger partial charge in [0.25, 0.3) is 0 Å². The Balaban J connectivity index is 2.50. The molecule has 0 saturated heterocycles. The molecule has 0 bridgehead atoms. The molecule has 0 aromatic heterocycles. The van der Waals surface area contributed by atoms with Crippen LogP contribution in [0, 0.1) is 15.9 Å². The molecular weight excluding hydrogens is 271 g/mol. The highest BCUT2D eigenvalue weighted by molar-refractivity contribution is 5.46. The first-order chi connectivity index (χ1) is 9.56. The second-order valence-electron chi connectivity index (χ2n) is 4.01. The van der Waals surface area contributed by atoms with Crippen molar-refractivity contribution < 1.29 is 23.9 Å². The van der Waals surface area contributed by atoms with Crippen molar-refractivity contribution in [3.05, 3.63) is 34.1 Å². The predicted molar refractivity (Wildman–Crippen MR) is 69.3 cm³/mol. The molecule has 1 aromatic carbocycles. The molecule has 0 amide bonds. The number of aliphatic hydroxyl groups is 1.